The average Bonchev–Trinajstić information content (AvgIpc) is 3.37. The van der Waals surface area contributed by atoms with E-state index in [0.717, 1.165) is 91.9 Å². The summed E-state index contributed by atoms with van der Waals surface area (Å²) in [6, 6.07) is 6.48. The number of aryl methyl sites for hydroxylation is 1. The van der Waals surface area contributed by atoms with Crippen LogP contribution in [0.25, 0.3) is 5.57 Å². The number of anilines is 1. The molecule has 192 valence electrons. The Balaban J connectivity index is 1.97. The Morgan fingerprint density at radius 2 is 1.94 bits per heavy atom. The van der Waals surface area contributed by atoms with Gasteiger partial charge in [-0.1, -0.05) is 38.1 Å². The molecule has 0 N–H and O–H groups in total. The molecule has 6 heteroatoms. The Hall–Kier alpha value is -2.10. The molecule has 35 heavy (non-hydrogen) atoms. The first-order valence-electron chi connectivity index (χ1n) is 13.0. The fourth-order valence-corrected chi connectivity index (χ4v) is 5.85. The number of nitrogens with zero attached hydrogens (tertiary/aromatic N) is 3. The molecule has 0 aromatic heterocycles. The normalized spacial score (nSPS) is 19.7. The van der Waals surface area contributed by atoms with Gasteiger partial charge in [0, 0.05) is 38.0 Å². The van der Waals surface area contributed by atoms with E-state index in [9.17, 15) is 4.57 Å². The molecule has 0 aliphatic carbocycles. The van der Waals surface area contributed by atoms with Gasteiger partial charge in [0.25, 0.3) is 0 Å². The van der Waals surface area contributed by atoms with Crippen LogP contribution in [0.3, 0.4) is 0 Å². The monoisotopic (exact) mass is 497 g/mol. The van der Waals surface area contributed by atoms with Crippen molar-refractivity contribution in [3.8, 4) is 0 Å². The maximum absolute atomic E-state index is 13.0. The van der Waals surface area contributed by atoms with Crippen molar-refractivity contribution in [2.24, 2.45) is 4.99 Å². The Labute approximate surface area is 213 Å². The molecule has 2 aliphatic heterocycles. The van der Waals surface area contributed by atoms with Gasteiger partial charge in [-0.3, -0.25) is 0 Å². The molecule has 0 radical (unpaired) electrons. The van der Waals surface area contributed by atoms with Crippen LogP contribution < -0.4 is 4.90 Å². The third-order valence-electron chi connectivity index (χ3n) is 6.90. The molecule has 2 heterocycles. The Morgan fingerprint density at radius 3 is 2.54 bits per heavy atom. The second-order valence-corrected chi connectivity index (χ2v) is 13.5. The molecule has 0 spiro atoms. The number of ether oxygens (including phenoxy) is 1. The average molecular weight is 498 g/mol. The summed E-state index contributed by atoms with van der Waals surface area (Å²) in [5, 5.41) is 0. The van der Waals surface area contributed by atoms with Gasteiger partial charge in [-0.15, -0.1) is 0 Å². The predicted molar refractivity (Wildman–Crippen MR) is 152 cm³/mol. The van der Waals surface area contributed by atoms with Gasteiger partial charge in [-0.25, -0.2) is 4.99 Å². The lowest BCUT2D eigenvalue weighted by Crippen LogP contribution is -2.37. The predicted octanol–water partition coefficient (Wildman–Crippen LogP) is 7.29. The quantitative estimate of drug-likeness (QED) is 0.193. The standard InChI is InChI=1S/C29H44N3O2P/c1-8-13-28(35(6,7)33)30-27(32-17-10-11-18-32)21-23(3)24(4)25-20-22(2)15-16-26(25)31(5)29-14-9-12-19-34-29/h15-16,20-21,29H,3-4,8-14,17-19H2,1-2,5-7H3/b27-21+,30-28+. The van der Waals surface area contributed by atoms with Crippen LogP contribution >= 0.6 is 7.14 Å². The van der Waals surface area contributed by atoms with Crippen molar-refractivity contribution >= 4 is 23.9 Å². The highest BCUT2D eigenvalue weighted by Crippen LogP contribution is 2.41. The number of hydrogen-bond donors (Lipinski definition) is 0. The molecule has 5 nitrogen and oxygen atoms in total. The summed E-state index contributed by atoms with van der Waals surface area (Å²) in [6.07, 6.45) is 9.42. The molecular weight excluding hydrogens is 453 g/mol. The molecule has 0 amide bonds. The Bertz CT molecular complexity index is 1020. The molecule has 2 fully saturated rings. The Morgan fingerprint density at radius 1 is 1.23 bits per heavy atom. The number of benzene rings is 1. The van der Waals surface area contributed by atoms with Crippen molar-refractivity contribution < 1.29 is 9.30 Å². The maximum Gasteiger partial charge on any atom is 0.129 e. The summed E-state index contributed by atoms with van der Waals surface area (Å²) in [6.45, 7) is 19.5. The van der Waals surface area contributed by atoms with Crippen LogP contribution in [0.1, 0.15) is 63.0 Å². The zero-order valence-corrected chi connectivity index (χ0v) is 23.4. The van der Waals surface area contributed by atoms with E-state index in [-0.39, 0.29) is 6.23 Å². The first kappa shape index (κ1) is 27.5. The van der Waals surface area contributed by atoms with Gasteiger partial charge >= 0.3 is 0 Å². The van der Waals surface area contributed by atoms with E-state index >= 15 is 0 Å². The van der Waals surface area contributed by atoms with Gasteiger partial charge in [-0.05, 0) is 88.1 Å². The van der Waals surface area contributed by atoms with E-state index in [0.29, 0.717) is 0 Å². The van der Waals surface area contributed by atoms with E-state index in [1.165, 1.54) is 12.0 Å². The second kappa shape index (κ2) is 12.2. The van der Waals surface area contributed by atoms with E-state index in [1.807, 2.05) is 19.4 Å². The summed E-state index contributed by atoms with van der Waals surface area (Å²) < 4.78 is 19.0. The molecule has 2 saturated heterocycles. The van der Waals surface area contributed by atoms with Gasteiger partial charge in [0.1, 0.15) is 19.2 Å². The van der Waals surface area contributed by atoms with Crippen LogP contribution in [0.15, 0.2) is 53.8 Å². The van der Waals surface area contributed by atoms with Gasteiger partial charge in [0.2, 0.25) is 0 Å². The molecule has 0 saturated carbocycles. The fraction of sp³-hybridized carbons (Fsp3) is 0.552. The maximum atomic E-state index is 13.0. The number of rotatable bonds is 10. The highest BCUT2D eigenvalue weighted by Gasteiger charge is 2.23. The zero-order valence-electron chi connectivity index (χ0n) is 22.5. The summed E-state index contributed by atoms with van der Waals surface area (Å²) in [4.78, 5) is 9.52. The van der Waals surface area contributed by atoms with Crippen molar-refractivity contribution in [2.75, 3.05) is 45.0 Å². The summed E-state index contributed by atoms with van der Waals surface area (Å²) in [5.74, 6) is 0.860. The van der Waals surface area contributed by atoms with Gasteiger partial charge in [0.05, 0.1) is 5.45 Å². The van der Waals surface area contributed by atoms with Gasteiger partial charge < -0.3 is 19.1 Å². The molecule has 1 atom stereocenters. The number of hydrogen-bond acceptors (Lipinski definition) is 5. The minimum Gasteiger partial charge on any atom is -0.358 e. The second-order valence-electron chi connectivity index (χ2n) is 10.3. The molecule has 1 unspecified atom stereocenters. The highest BCUT2D eigenvalue weighted by molar-refractivity contribution is 7.79. The van der Waals surface area contributed by atoms with Gasteiger partial charge in [0.15, 0.2) is 0 Å². The van der Waals surface area contributed by atoms with Crippen LogP contribution in [-0.4, -0.2) is 56.7 Å². The minimum absolute atomic E-state index is 0.0754. The lowest BCUT2D eigenvalue weighted by Gasteiger charge is -2.34. The van der Waals surface area contributed by atoms with E-state index in [2.05, 4.69) is 62.1 Å². The first-order valence-corrected chi connectivity index (χ1v) is 15.6. The van der Waals surface area contributed by atoms with Crippen molar-refractivity contribution in [1.82, 2.24) is 4.90 Å². The van der Waals surface area contributed by atoms with E-state index in [1.54, 1.807) is 0 Å². The molecule has 1 aromatic carbocycles. The summed E-state index contributed by atoms with van der Waals surface area (Å²) >= 11 is 0. The largest absolute Gasteiger partial charge is 0.358 e. The molecule has 3 rings (SSSR count). The van der Waals surface area contributed by atoms with Crippen LogP contribution in [0.5, 0.6) is 0 Å². The number of aliphatic imine (C=N–C) groups is 1. The number of likely N-dealkylation sites (tertiary alicyclic amines) is 1. The first-order chi connectivity index (χ1) is 16.6. The third kappa shape index (κ3) is 7.21. The topological polar surface area (TPSA) is 45.1 Å². The highest BCUT2D eigenvalue weighted by atomic mass is 31.2. The van der Waals surface area contributed by atoms with Crippen LogP contribution in [0.2, 0.25) is 0 Å². The van der Waals surface area contributed by atoms with Crippen molar-refractivity contribution in [2.45, 2.75) is 65.0 Å². The van der Waals surface area contributed by atoms with Crippen LogP contribution in [0, 0.1) is 6.92 Å². The zero-order chi connectivity index (χ0) is 25.6. The molecular formula is C29H44N3O2P. The summed E-state index contributed by atoms with van der Waals surface area (Å²) in [7, 11) is -0.341. The smallest absolute Gasteiger partial charge is 0.129 e. The van der Waals surface area contributed by atoms with Crippen LogP contribution in [-0.2, 0) is 9.30 Å². The number of allylic oxidation sites excluding steroid dienone is 3. The molecule has 1 aromatic rings. The SMILES string of the molecule is C=C(/C=C(\N=C(/CCC)P(C)(C)=O)N1CCCC1)C(=C)c1cc(C)ccc1N(C)C1CCCCO1. The molecule has 0 bridgehead atoms. The van der Waals surface area contributed by atoms with Gasteiger partial charge in [-0.2, -0.15) is 0 Å². The molecule has 2 aliphatic rings. The van der Waals surface area contributed by atoms with Crippen molar-refractivity contribution in [3.05, 3.63) is 60.0 Å². The van der Waals surface area contributed by atoms with Crippen molar-refractivity contribution in [3.63, 3.8) is 0 Å². The van der Waals surface area contributed by atoms with E-state index in [4.69, 9.17) is 9.73 Å². The summed E-state index contributed by atoms with van der Waals surface area (Å²) in [5.41, 5.74) is 5.87. The van der Waals surface area contributed by atoms with E-state index < -0.39 is 7.14 Å². The van der Waals surface area contributed by atoms with Crippen molar-refractivity contribution in [1.29, 1.82) is 0 Å². The fourth-order valence-electron chi connectivity index (χ4n) is 4.74. The lowest BCUT2D eigenvalue weighted by molar-refractivity contribution is 0.0174. The van der Waals surface area contributed by atoms with Crippen LogP contribution in [0.4, 0.5) is 5.69 Å². The lowest BCUT2D eigenvalue weighted by atomic mass is 9.96. The Kier molecular flexibility index (Phi) is 9.61. The minimum atomic E-state index is -2.45. The third-order valence-corrected chi connectivity index (χ3v) is 8.47.